The second-order valence-electron chi connectivity index (χ2n) is 11.0. The van der Waals surface area contributed by atoms with Crippen LogP contribution in [-0.2, 0) is 20.8 Å². The smallest absolute Gasteiger partial charge is 0.343 e. The molecule has 3 heterocycles. The number of alkyl halides is 3. The fraction of sp³-hybridized carbons (Fsp3) is 0.500. The highest BCUT2D eigenvalue weighted by molar-refractivity contribution is 7.92. The number of anilines is 1. The van der Waals surface area contributed by atoms with Crippen LogP contribution >= 0.6 is 0 Å². The lowest BCUT2D eigenvalue weighted by molar-refractivity contribution is -0.139. The van der Waals surface area contributed by atoms with E-state index in [2.05, 4.69) is 15.5 Å². The van der Waals surface area contributed by atoms with E-state index in [1.54, 1.807) is 17.0 Å². The van der Waals surface area contributed by atoms with E-state index in [-0.39, 0.29) is 24.7 Å². The highest BCUT2D eigenvalue weighted by Gasteiger charge is 2.49. The predicted molar refractivity (Wildman–Crippen MR) is 139 cm³/mol. The van der Waals surface area contributed by atoms with Gasteiger partial charge in [0, 0.05) is 25.0 Å². The van der Waals surface area contributed by atoms with E-state index < -0.39 is 49.3 Å². The molecular weight excluding hydrogens is 547 g/mol. The zero-order chi connectivity index (χ0) is 28.4. The average Bonchev–Trinajstić information content (AvgIpc) is 3.29. The topological polar surface area (TPSA) is 128 Å². The van der Waals surface area contributed by atoms with Gasteiger partial charge in [-0.2, -0.15) is 23.4 Å². The normalized spacial score (nSPS) is 22.8. The molecule has 1 aromatic carbocycles. The number of aryl methyl sites for hydroxylation is 1. The molecule has 0 bridgehead atoms. The lowest BCUT2D eigenvalue weighted by Crippen LogP contribution is -2.52. The molecule has 214 valence electrons. The standard InChI is InChI=1S/C26H30F3N7O3S/c1-16-12-23(36(33-16)17-4-2-5-17)34-15-19(14-21(34)24(37)32-25(30)8-9-25)40(38,39)22-7-6-18(35-11-3-10-31-35)13-20(22)26(27,28)29/h3,6-7,10-13,17,19,21H,2,4-5,8-9,14-15,30H2,1H3,(H,32,37). The fourth-order valence-corrected chi connectivity index (χ4v) is 7.35. The van der Waals surface area contributed by atoms with Crippen molar-refractivity contribution in [3.63, 3.8) is 0 Å². The summed E-state index contributed by atoms with van der Waals surface area (Å²) in [5.41, 5.74) is 4.81. The Morgan fingerprint density at radius 1 is 1.20 bits per heavy atom. The number of carbonyl (C=O) groups excluding carboxylic acids is 1. The Morgan fingerprint density at radius 3 is 2.55 bits per heavy atom. The number of hydrogen-bond acceptors (Lipinski definition) is 7. The summed E-state index contributed by atoms with van der Waals surface area (Å²) in [6, 6.07) is 5.60. The molecular formula is C26H30F3N7O3S. The molecule has 2 atom stereocenters. The zero-order valence-corrected chi connectivity index (χ0v) is 22.6. The largest absolute Gasteiger partial charge is 0.417 e. The Kier molecular flexibility index (Phi) is 6.26. The molecule has 0 spiro atoms. The summed E-state index contributed by atoms with van der Waals surface area (Å²) in [6.07, 6.45) is 1.82. The molecule has 1 aliphatic heterocycles. The summed E-state index contributed by atoms with van der Waals surface area (Å²) in [4.78, 5) is 14.3. The number of sulfone groups is 1. The van der Waals surface area contributed by atoms with Gasteiger partial charge in [0.05, 0.1) is 38.8 Å². The number of amides is 1. The Hall–Kier alpha value is -3.39. The van der Waals surface area contributed by atoms with Gasteiger partial charge < -0.3 is 16.0 Å². The second-order valence-corrected chi connectivity index (χ2v) is 13.2. The van der Waals surface area contributed by atoms with Gasteiger partial charge in [0.2, 0.25) is 5.91 Å². The number of carbonyl (C=O) groups is 1. The number of aromatic nitrogens is 4. The first-order chi connectivity index (χ1) is 18.9. The molecule has 3 N–H and O–H groups in total. The van der Waals surface area contributed by atoms with Crippen molar-refractivity contribution in [1.29, 1.82) is 0 Å². The monoisotopic (exact) mass is 577 g/mol. The van der Waals surface area contributed by atoms with Crippen molar-refractivity contribution >= 4 is 21.6 Å². The van der Waals surface area contributed by atoms with Crippen LogP contribution in [0.2, 0.25) is 0 Å². The number of nitrogens with two attached hydrogens (primary N) is 1. The third-order valence-electron chi connectivity index (χ3n) is 8.06. The Bertz CT molecular complexity index is 1540. The summed E-state index contributed by atoms with van der Waals surface area (Å²) in [7, 11) is -4.52. The minimum atomic E-state index is -4.93. The molecule has 2 unspecified atom stereocenters. The minimum Gasteiger partial charge on any atom is -0.343 e. The highest BCUT2D eigenvalue weighted by atomic mass is 32.2. The lowest BCUT2D eigenvalue weighted by Gasteiger charge is -2.32. The first-order valence-electron chi connectivity index (χ1n) is 13.2. The first kappa shape index (κ1) is 26.8. The summed E-state index contributed by atoms with van der Waals surface area (Å²) >= 11 is 0. The van der Waals surface area contributed by atoms with E-state index in [1.165, 1.54) is 23.1 Å². The molecule has 1 amide bonds. The number of halogens is 3. The number of rotatable bonds is 7. The van der Waals surface area contributed by atoms with E-state index in [1.807, 2.05) is 11.6 Å². The first-order valence-corrected chi connectivity index (χ1v) is 14.8. The quantitative estimate of drug-likeness (QED) is 0.413. The van der Waals surface area contributed by atoms with Crippen molar-refractivity contribution < 1.29 is 26.4 Å². The van der Waals surface area contributed by atoms with Crippen molar-refractivity contribution in [3.05, 3.63) is 54.0 Å². The maximum atomic E-state index is 14.2. The van der Waals surface area contributed by atoms with E-state index >= 15 is 0 Å². The average molecular weight is 578 g/mol. The number of benzene rings is 1. The molecule has 2 saturated carbocycles. The van der Waals surface area contributed by atoms with Gasteiger partial charge in [-0.05, 0) is 69.7 Å². The van der Waals surface area contributed by atoms with Crippen LogP contribution in [0.4, 0.5) is 19.0 Å². The Balaban J connectivity index is 1.38. The van der Waals surface area contributed by atoms with Gasteiger partial charge in [-0.15, -0.1) is 0 Å². The maximum Gasteiger partial charge on any atom is 0.417 e. The second kappa shape index (κ2) is 9.33. The molecule has 2 aromatic heterocycles. The summed E-state index contributed by atoms with van der Waals surface area (Å²) < 4.78 is 73.5. The van der Waals surface area contributed by atoms with Crippen LogP contribution in [0.3, 0.4) is 0 Å². The van der Waals surface area contributed by atoms with Crippen LogP contribution in [0.1, 0.15) is 55.8 Å². The van der Waals surface area contributed by atoms with Gasteiger partial charge in [0.25, 0.3) is 0 Å². The molecule has 2 aliphatic carbocycles. The van der Waals surface area contributed by atoms with Crippen molar-refractivity contribution in [1.82, 2.24) is 24.9 Å². The maximum absolute atomic E-state index is 14.2. The van der Waals surface area contributed by atoms with E-state index in [0.29, 0.717) is 24.4 Å². The van der Waals surface area contributed by atoms with Gasteiger partial charge in [-0.3, -0.25) is 4.79 Å². The van der Waals surface area contributed by atoms with Gasteiger partial charge in [-0.1, -0.05) is 0 Å². The minimum absolute atomic E-state index is 0.0825. The van der Waals surface area contributed by atoms with Crippen LogP contribution in [0, 0.1) is 6.92 Å². The van der Waals surface area contributed by atoms with E-state index in [0.717, 1.165) is 31.4 Å². The van der Waals surface area contributed by atoms with Crippen LogP contribution < -0.4 is 16.0 Å². The molecule has 1 saturated heterocycles. The molecule has 0 radical (unpaired) electrons. The highest BCUT2D eigenvalue weighted by Crippen LogP contribution is 2.42. The summed E-state index contributed by atoms with van der Waals surface area (Å²) in [5, 5.41) is 10.1. The van der Waals surface area contributed by atoms with E-state index in [9.17, 15) is 26.4 Å². The third kappa shape index (κ3) is 4.76. The van der Waals surface area contributed by atoms with Gasteiger partial charge >= 0.3 is 6.18 Å². The SMILES string of the molecule is Cc1cc(N2CC(S(=O)(=O)c3ccc(-n4cccn4)cc3C(F)(F)F)CC2C(=O)NC2(N)CC2)n(C2CCC2)n1. The summed E-state index contributed by atoms with van der Waals surface area (Å²) in [6.45, 7) is 1.65. The molecule has 6 rings (SSSR count). The van der Waals surface area contributed by atoms with Crippen LogP contribution in [0.25, 0.3) is 5.69 Å². The van der Waals surface area contributed by atoms with Crippen molar-refractivity contribution in [3.8, 4) is 5.69 Å². The molecule has 40 heavy (non-hydrogen) atoms. The molecule has 14 heteroatoms. The zero-order valence-electron chi connectivity index (χ0n) is 21.8. The van der Waals surface area contributed by atoms with Gasteiger partial charge in [0.15, 0.2) is 9.84 Å². The number of hydrogen-bond donors (Lipinski definition) is 2. The number of nitrogens with zero attached hydrogens (tertiary/aromatic N) is 5. The fourth-order valence-electron chi connectivity index (χ4n) is 5.46. The molecule has 10 nitrogen and oxygen atoms in total. The molecule has 3 fully saturated rings. The summed E-state index contributed by atoms with van der Waals surface area (Å²) in [5.74, 6) is 0.147. The number of nitrogens with one attached hydrogen (secondary N) is 1. The van der Waals surface area contributed by atoms with Crippen LogP contribution in [-0.4, -0.2) is 57.4 Å². The Morgan fingerprint density at radius 2 is 1.95 bits per heavy atom. The van der Waals surface area contributed by atoms with Gasteiger partial charge in [0.1, 0.15) is 11.9 Å². The Labute approximate surface area is 229 Å². The van der Waals surface area contributed by atoms with Gasteiger partial charge in [-0.25, -0.2) is 17.8 Å². The van der Waals surface area contributed by atoms with Crippen molar-refractivity contribution in [2.75, 3.05) is 11.4 Å². The van der Waals surface area contributed by atoms with E-state index in [4.69, 9.17) is 5.73 Å². The molecule has 3 aromatic rings. The van der Waals surface area contributed by atoms with Crippen LogP contribution in [0.15, 0.2) is 47.6 Å². The predicted octanol–water partition coefficient (Wildman–Crippen LogP) is 3.11. The van der Waals surface area contributed by atoms with Crippen LogP contribution in [0.5, 0.6) is 0 Å². The van der Waals surface area contributed by atoms with Crippen molar-refractivity contribution in [2.45, 2.75) is 79.5 Å². The van der Waals surface area contributed by atoms with Crippen molar-refractivity contribution in [2.24, 2.45) is 5.73 Å². The molecule has 3 aliphatic rings. The lowest BCUT2D eigenvalue weighted by atomic mass is 9.93. The third-order valence-corrected chi connectivity index (χ3v) is 10.3.